The predicted molar refractivity (Wildman–Crippen MR) is 204 cm³/mol. The lowest BCUT2D eigenvalue weighted by Gasteiger charge is -2.41. The van der Waals surface area contributed by atoms with Crippen LogP contribution in [0.4, 0.5) is 4.79 Å². The molecule has 0 spiro atoms. The van der Waals surface area contributed by atoms with Gasteiger partial charge in [0.15, 0.2) is 0 Å². The molecule has 2 saturated carbocycles. The fourth-order valence-corrected chi connectivity index (χ4v) is 10.0. The number of nitrogens with zero attached hydrogens (tertiary/aromatic N) is 3. The van der Waals surface area contributed by atoms with Crippen LogP contribution in [-0.4, -0.2) is 100 Å². The molecule has 5 atom stereocenters. The molecule has 0 radical (unpaired) electrons. The zero-order valence-corrected chi connectivity index (χ0v) is 33.0. The number of hydrogen-bond donors (Lipinski definition) is 3. The van der Waals surface area contributed by atoms with Crippen molar-refractivity contribution in [1.29, 1.82) is 0 Å². The minimum absolute atomic E-state index is 0.0132. The molecular weight excluding hydrogens is 727 g/mol. The van der Waals surface area contributed by atoms with Crippen molar-refractivity contribution in [3.63, 3.8) is 0 Å². The molecule has 5 aliphatic rings. The smallest absolute Gasteiger partial charge is 0.408 e. The lowest BCUT2D eigenvalue weighted by atomic mass is 9.89. The Morgan fingerprint density at radius 1 is 1.05 bits per heavy atom. The largest absolute Gasteiger partial charge is 0.497 e. The molecule has 55 heavy (non-hydrogen) atoms. The van der Waals surface area contributed by atoms with Gasteiger partial charge in [-0.3, -0.25) is 24.0 Å². The molecule has 1 saturated heterocycles. The summed E-state index contributed by atoms with van der Waals surface area (Å²) in [5.41, 5.74) is 0.410. The first-order valence-electron chi connectivity index (χ1n) is 19.7. The third-order valence-electron chi connectivity index (χ3n) is 11.8. The Kier molecular flexibility index (Phi) is 10.5. The number of nitrogens with one attached hydrogen (secondary N) is 2. The van der Waals surface area contributed by atoms with Gasteiger partial charge in [-0.05, 0) is 109 Å². The van der Waals surface area contributed by atoms with Crippen LogP contribution in [0.25, 0.3) is 10.9 Å². The van der Waals surface area contributed by atoms with Gasteiger partial charge in [0.2, 0.25) is 27.7 Å². The number of aromatic nitrogens is 1. The summed E-state index contributed by atoms with van der Waals surface area (Å²) in [5.74, 6) is -1.19. The molecule has 7 rings (SSSR count). The van der Waals surface area contributed by atoms with Gasteiger partial charge in [0, 0.05) is 28.8 Å². The molecule has 14 nitrogen and oxygen atoms in total. The van der Waals surface area contributed by atoms with E-state index in [2.05, 4.69) is 10.0 Å². The van der Waals surface area contributed by atoms with Crippen LogP contribution in [0.5, 0.6) is 11.6 Å². The van der Waals surface area contributed by atoms with Crippen molar-refractivity contribution in [2.75, 3.05) is 13.7 Å². The maximum absolute atomic E-state index is 14.8. The van der Waals surface area contributed by atoms with Gasteiger partial charge in [0.1, 0.15) is 29.5 Å². The number of carboxylic acid groups (broad SMARTS) is 1. The fourth-order valence-electron chi connectivity index (χ4n) is 8.67. The van der Waals surface area contributed by atoms with Crippen LogP contribution in [0.15, 0.2) is 30.4 Å². The van der Waals surface area contributed by atoms with Gasteiger partial charge in [-0.15, -0.1) is 0 Å². The Morgan fingerprint density at radius 3 is 2.49 bits per heavy atom. The number of sulfonamides is 1. The van der Waals surface area contributed by atoms with Crippen LogP contribution in [0.3, 0.4) is 0 Å². The summed E-state index contributed by atoms with van der Waals surface area (Å²) >= 11 is 0. The van der Waals surface area contributed by atoms with Crippen molar-refractivity contribution in [3.8, 4) is 11.6 Å². The molecule has 3 heterocycles. The van der Waals surface area contributed by atoms with Crippen molar-refractivity contribution in [1.82, 2.24) is 24.8 Å². The maximum atomic E-state index is 14.8. The molecular formula is C40H53N5O9S. The molecule has 0 bridgehead atoms. The summed E-state index contributed by atoms with van der Waals surface area (Å²) in [6.07, 6.45) is 9.69. The second-order valence-corrected chi connectivity index (χ2v) is 18.8. The van der Waals surface area contributed by atoms with Crippen molar-refractivity contribution < 1.29 is 42.2 Å². The van der Waals surface area contributed by atoms with Crippen LogP contribution < -0.4 is 19.5 Å². The highest BCUT2D eigenvalue weighted by molar-refractivity contribution is 7.91. The normalized spacial score (nSPS) is 27.5. The third kappa shape index (κ3) is 7.86. The van der Waals surface area contributed by atoms with Gasteiger partial charge in [0.25, 0.3) is 5.91 Å². The second-order valence-electron chi connectivity index (χ2n) is 16.8. The molecule has 2 aromatic rings. The number of carbonyl (C=O) groups excluding carboxylic acids is 3. The highest BCUT2D eigenvalue weighted by Gasteiger charge is 2.62. The fraction of sp³-hybridized carbons (Fsp3) is 0.625. The number of aryl methyl sites for hydroxylation is 1. The number of amides is 4. The standard InChI is InChI=1S/C40H53N5O9S/c1-39(2,3)45(38(49)50)32-15-9-7-5-6-8-12-24-22-40(24,37(48)43-55(51,52)27-17-18-27)42-34(46)33-21-26(23-44(33)36(32)47)54-35-29-14-11-10-13-28(29)30-20-25(53-4)16-19-31(30)41-35/h8,12,16,19-20,24,26-27,32-33H,5-7,9-11,13-15,17-18,21-23H2,1-4H3,(H,42,46)(H,43,48)(H,49,50)/t24-,26-,32+,33+,40-/m1/s1. The molecule has 2 aliphatic heterocycles. The molecule has 1 aromatic heterocycles. The summed E-state index contributed by atoms with van der Waals surface area (Å²) in [6, 6.07) is 3.50. The zero-order valence-electron chi connectivity index (χ0n) is 32.1. The highest BCUT2D eigenvalue weighted by atomic mass is 32.2. The zero-order chi connectivity index (χ0) is 39.3. The first-order chi connectivity index (χ1) is 26.1. The summed E-state index contributed by atoms with van der Waals surface area (Å²) in [6.45, 7) is 5.21. The maximum Gasteiger partial charge on any atom is 0.408 e. The number of carbonyl (C=O) groups is 4. The van der Waals surface area contributed by atoms with E-state index in [1.54, 1.807) is 27.9 Å². The van der Waals surface area contributed by atoms with Crippen LogP contribution in [0.1, 0.15) is 103 Å². The van der Waals surface area contributed by atoms with E-state index in [0.717, 1.165) is 66.3 Å². The van der Waals surface area contributed by atoms with Gasteiger partial charge in [-0.2, -0.15) is 0 Å². The molecule has 3 fully saturated rings. The van der Waals surface area contributed by atoms with Gasteiger partial charge in [0.05, 0.1) is 24.4 Å². The Labute approximate surface area is 322 Å². The minimum Gasteiger partial charge on any atom is -0.497 e. The Balaban J connectivity index is 1.25. The van der Waals surface area contributed by atoms with Crippen molar-refractivity contribution >= 4 is 44.7 Å². The number of ether oxygens (including phenoxy) is 2. The van der Waals surface area contributed by atoms with Gasteiger partial charge in [-0.25, -0.2) is 18.2 Å². The van der Waals surface area contributed by atoms with E-state index in [4.69, 9.17) is 14.5 Å². The summed E-state index contributed by atoms with van der Waals surface area (Å²) in [5, 5.41) is 13.7. The van der Waals surface area contributed by atoms with Gasteiger partial charge >= 0.3 is 6.09 Å². The molecule has 4 amide bonds. The van der Waals surface area contributed by atoms with Crippen LogP contribution in [0, 0.1) is 5.92 Å². The Morgan fingerprint density at radius 2 is 1.80 bits per heavy atom. The second kappa shape index (κ2) is 14.9. The summed E-state index contributed by atoms with van der Waals surface area (Å²) < 4.78 is 40.2. The highest BCUT2D eigenvalue weighted by Crippen LogP contribution is 2.46. The first kappa shape index (κ1) is 38.9. The average molecular weight is 780 g/mol. The average Bonchev–Trinajstić information content (AvgIpc) is 4.06. The minimum atomic E-state index is -3.90. The van der Waals surface area contributed by atoms with Crippen molar-refractivity contribution in [2.24, 2.45) is 5.92 Å². The molecule has 3 N–H and O–H groups in total. The van der Waals surface area contributed by atoms with E-state index in [9.17, 15) is 32.7 Å². The van der Waals surface area contributed by atoms with Crippen molar-refractivity contribution in [3.05, 3.63) is 41.5 Å². The van der Waals surface area contributed by atoms with Gasteiger partial charge in [-0.1, -0.05) is 25.0 Å². The van der Waals surface area contributed by atoms with E-state index in [1.807, 2.05) is 30.4 Å². The molecule has 298 valence electrons. The third-order valence-corrected chi connectivity index (χ3v) is 13.6. The first-order valence-corrected chi connectivity index (χ1v) is 21.2. The number of fused-ring (bicyclic) bond motifs is 5. The Hall–Kier alpha value is -4.40. The number of pyridine rings is 1. The quantitative estimate of drug-likeness (QED) is 0.335. The van der Waals surface area contributed by atoms with E-state index in [-0.39, 0.29) is 25.8 Å². The van der Waals surface area contributed by atoms with Crippen molar-refractivity contribution in [2.45, 2.75) is 139 Å². The lowest BCUT2D eigenvalue weighted by molar-refractivity contribution is -0.144. The molecule has 0 unspecified atom stereocenters. The summed E-state index contributed by atoms with van der Waals surface area (Å²) in [4.78, 5) is 63.5. The van der Waals surface area contributed by atoms with Crippen LogP contribution in [-0.2, 0) is 37.2 Å². The number of methoxy groups -OCH3 is 1. The number of benzene rings is 1. The van der Waals surface area contributed by atoms with E-state index < -0.39 is 74.3 Å². The lowest BCUT2D eigenvalue weighted by Crippen LogP contribution is -2.60. The van der Waals surface area contributed by atoms with E-state index in [1.165, 1.54) is 9.80 Å². The molecule has 3 aliphatic carbocycles. The predicted octanol–water partition coefficient (Wildman–Crippen LogP) is 4.62. The van der Waals surface area contributed by atoms with E-state index in [0.29, 0.717) is 31.6 Å². The SMILES string of the molecule is COc1ccc2nc(O[C@@H]3C[C@H]4C(=O)N[C@]5(C(=O)NS(=O)(=O)C6CC6)C[C@H]5C=CCCCCC[C@H](N(C(=O)O)C(C)(C)C)C(=O)N4C3)c3c(c2c1)CCCC3. The monoisotopic (exact) mass is 779 g/mol. The Bertz CT molecular complexity index is 2010. The summed E-state index contributed by atoms with van der Waals surface area (Å²) in [7, 11) is -2.28. The van der Waals surface area contributed by atoms with Crippen LogP contribution in [0.2, 0.25) is 0 Å². The van der Waals surface area contributed by atoms with E-state index >= 15 is 0 Å². The molecule has 1 aromatic carbocycles. The number of rotatable bonds is 7. The number of allylic oxidation sites excluding steroid dienone is 1. The molecule has 15 heteroatoms. The van der Waals surface area contributed by atoms with Crippen LogP contribution >= 0.6 is 0 Å². The van der Waals surface area contributed by atoms with Gasteiger partial charge < -0.3 is 24.8 Å². The number of hydrogen-bond acceptors (Lipinski definition) is 9. The topological polar surface area (TPSA) is 185 Å².